The molecule has 0 spiro atoms. The van der Waals surface area contributed by atoms with E-state index in [0.717, 1.165) is 24.5 Å². The largest absolute Gasteiger partial charge is 0.432 e. The Hall–Kier alpha value is -4.55. The molecule has 0 radical (unpaired) electrons. The summed E-state index contributed by atoms with van der Waals surface area (Å²) in [6, 6.07) is 11.6. The average Bonchev–Trinajstić information content (AvgIpc) is 2.90. The second-order valence-corrected chi connectivity index (χ2v) is 9.39. The van der Waals surface area contributed by atoms with Crippen molar-refractivity contribution in [2.75, 3.05) is 0 Å². The molecule has 0 saturated carbocycles. The third-order valence-corrected chi connectivity index (χ3v) is 6.17. The molecule has 232 valence electrons. The van der Waals surface area contributed by atoms with Crippen molar-refractivity contribution >= 4 is 0 Å². The van der Waals surface area contributed by atoms with Crippen LogP contribution >= 0.6 is 0 Å². The van der Waals surface area contributed by atoms with Gasteiger partial charge < -0.3 is 9.47 Å². The maximum atomic E-state index is 15.0. The molecule has 4 rings (SSSR count). The molecule has 0 atom stereocenters. The highest BCUT2D eigenvalue weighted by Gasteiger charge is 2.42. The smallest absolute Gasteiger partial charge is 0.429 e. The van der Waals surface area contributed by atoms with Gasteiger partial charge in [0, 0.05) is 17.7 Å². The van der Waals surface area contributed by atoms with Gasteiger partial charge in [-0.1, -0.05) is 49.7 Å². The van der Waals surface area contributed by atoms with Crippen molar-refractivity contribution in [3.05, 3.63) is 119 Å². The van der Waals surface area contributed by atoms with Crippen molar-refractivity contribution in [2.45, 2.75) is 32.0 Å². The van der Waals surface area contributed by atoms with Gasteiger partial charge in [-0.2, -0.15) is 26.3 Å². The standard InChI is InChI=1S/C31H19F11O2/c1-2-3-16-4-6-17(7-5-16)18-8-9-21(22(32)10-18)19-11-23(33)28(24(34)12-19)31(41,42)43-20-13-25(35)29(26(36)14-20)44-30(39,40)15-27(37)38/h4-15H,2-3H2,1H3. The topological polar surface area (TPSA) is 18.5 Å². The van der Waals surface area contributed by atoms with Crippen LogP contribution in [0.2, 0.25) is 0 Å². The molecule has 0 bridgehead atoms. The Morgan fingerprint density at radius 1 is 0.659 bits per heavy atom. The highest BCUT2D eigenvalue weighted by Crippen LogP contribution is 2.40. The normalized spacial score (nSPS) is 11.8. The molecule has 0 unspecified atom stereocenters. The van der Waals surface area contributed by atoms with E-state index in [1.165, 1.54) is 12.1 Å². The summed E-state index contributed by atoms with van der Waals surface area (Å²) in [7, 11) is 0. The van der Waals surface area contributed by atoms with Crippen molar-refractivity contribution < 1.29 is 57.8 Å². The van der Waals surface area contributed by atoms with Crippen LogP contribution in [-0.4, -0.2) is 6.11 Å². The number of halogens is 11. The summed E-state index contributed by atoms with van der Waals surface area (Å²) >= 11 is 0. The zero-order valence-corrected chi connectivity index (χ0v) is 22.3. The number of alkyl halides is 4. The molecule has 0 aliphatic heterocycles. The quantitative estimate of drug-likeness (QED) is 0.162. The van der Waals surface area contributed by atoms with Gasteiger partial charge in [-0.05, 0) is 46.9 Å². The van der Waals surface area contributed by atoms with E-state index < -0.39 is 76.1 Å². The van der Waals surface area contributed by atoms with Crippen molar-refractivity contribution in [3.8, 4) is 33.8 Å². The molecule has 2 nitrogen and oxygen atoms in total. The first kappa shape index (κ1) is 32.4. The van der Waals surface area contributed by atoms with Crippen LogP contribution in [0.4, 0.5) is 48.3 Å². The van der Waals surface area contributed by atoms with Crippen molar-refractivity contribution in [1.29, 1.82) is 0 Å². The van der Waals surface area contributed by atoms with Crippen molar-refractivity contribution in [1.82, 2.24) is 0 Å². The highest BCUT2D eigenvalue weighted by molar-refractivity contribution is 5.71. The lowest BCUT2D eigenvalue weighted by Crippen LogP contribution is -2.26. The maximum absolute atomic E-state index is 15.0. The van der Waals surface area contributed by atoms with Gasteiger partial charge in [0.15, 0.2) is 17.4 Å². The summed E-state index contributed by atoms with van der Waals surface area (Å²) in [6.45, 7) is 2.02. The molecular formula is C31H19F11O2. The first-order chi connectivity index (χ1) is 20.6. The first-order valence-corrected chi connectivity index (χ1v) is 12.7. The summed E-state index contributed by atoms with van der Waals surface area (Å²) in [5.74, 6) is -12.3. The average molecular weight is 632 g/mol. The van der Waals surface area contributed by atoms with Crippen LogP contribution in [0, 0.1) is 29.1 Å². The fraction of sp³-hybridized carbons (Fsp3) is 0.161. The van der Waals surface area contributed by atoms with Crippen LogP contribution < -0.4 is 9.47 Å². The minimum absolute atomic E-state index is 0.101. The van der Waals surface area contributed by atoms with Gasteiger partial charge in [-0.25, -0.2) is 22.0 Å². The van der Waals surface area contributed by atoms with E-state index in [1.807, 2.05) is 19.1 Å². The summed E-state index contributed by atoms with van der Waals surface area (Å²) in [4.78, 5) is 0. The number of aryl methyl sites for hydroxylation is 1. The summed E-state index contributed by atoms with van der Waals surface area (Å²) < 4.78 is 161. The Bertz CT molecular complexity index is 1650. The minimum Gasteiger partial charge on any atom is -0.429 e. The molecule has 0 aliphatic rings. The molecule has 0 heterocycles. The number of rotatable bonds is 10. The summed E-state index contributed by atoms with van der Waals surface area (Å²) in [5.41, 5.74) is -0.624. The van der Waals surface area contributed by atoms with Gasteiger partial charge in [0.2, 0.25) is 0 Å². The summed E-state index contributed by atoms with van der Waals surface area (Å²) in [6.07, 6.45) is -12.1. The molecule has 0 aromatic heterocycles. The molecule has 0 fully saturated rings. The van der Waals surface area contributed by atoms with E-state index in [2.05, 4.69) is 9.47 Å². The van der Waals surface area contributed by atoms with Gasteiger partial charge in [0.05, 0.1) is 6.08 Å². The second kappa shape index (κ2) is 12.6. The van der Waals surface area contributed by atoms with Gasteiger partial charge in [-0.3, -0.25) is 0 Å². The lowest BCUT2D eigenvalue weighted by molar-refractivity contribution is -0.189. The van der Waals surface area contributed by atoms with Crippen LogP contribution in [0.25, 0.3) is 22.3 Å². The highest BCUT2D eigenvalue weighted by atomic mass is 19.3. The predicted molar refractivity (Wildman–Crippen MR) is 138 cm³/mol. The lowest BCUT2D eigenvalue weighted by atomic mass is 9.97. The lowest BCUT2D eigenvalue weighted by Gasteiger charge is -2.21. The Labute approximate surface area is 243 Å². The van der Waals surface area contributed by atoms with E-state index >= 15 is 0 Å². The fourth-order valence-electron chi connectivity index (χ4n) is 4.27. The van der Waals surface area contributed by atoms with Crippen LogP contribution in [0.5, 0.6) is 11.5 Å². The molecule has 13 heteroatoms. The Morgan fingerprint density at radius 3 is 1.73 bits per heavy atom. The van der Waals surface area contributed by atoms with E-state index in [0.29, 0.717) is 23.3 Å². The van der Waals surface area contributed by atoms with E-state index in [-0.39, 0.29) is 17.7 Å². The first-order valence-electron chi connectivity index (χ1n) is 12.7. The van der Waals surface area contributed by atoms with Gasteiger partial charge in [0.1, 0.15) is 28.8 Å². The molecule has 4 aromatic rings. The number of benzene rings is 4. The summed E-state index contributed by atoms with van der Waals surface area (Å²) in [5, 5.41) is 0. The zero-order valence-electron chi connectivity index (χ0n) is 22.3. The Balaban J connectivity index is 1.59. The predicted octanol–water partition coefficient (Wildman–Crippen LogP) is 10.5. The minimum atomic E-state index is -4.94. The van der Waals surface area contributed by atoms with Crippen molar-refractivity contribution in [3.63, 3.8) is 0 Å². The van der Waals surface area contributed by atoms with Gasteiger partial charge >= 0.3 is 12.2 Å². The molecular weight excluding hydrogens is 613 g/mol. The molecule has 0 aliphatic carbocycles. The number of hydrogen-bond donors (Lipinski definition) is 0. The van der Waals surface area contributed by atoms with Gasteiger partial charge in [0.25, 0.3) is 6.08 Å². The monoisotopic (exact) mass is 632 g/mol. The third kappa shape index (κ3) is 7.32. The molecule has 0 N–H and O–H groups in total. The number of hydrogen-bond acceptors (Lipinski definition) is 2. The maximum Gasteiger partial charge on any atom is 0.432 e. The van der Waals surface area contributed by atoms with E-state index in [4.69, 9.17) is 0 Å². The molecule has 4 aromatic carbocycles. The van der Waals surface area contributed by atoms with Gasteiger partial charge in [-0.15, -0.1) is 0 Å². The SMILES string of the molecule is CCCc1ccc(-c2ccc(-c3cc(F)c(C(F)(F)Oc4cc(F)c(OC(F)(F)C=C(F)F)c(F)c4)c(F)c3)c(F)c2)cc1. The van der Waals surface area contributed by atoms with E-state index in [1.54, 1.807) is 12.1 Å². The number of ether oxygens (including phenoxy) is 2. The zero-order chi connectivity index (χ0) is 32.4. The van der Waals surface area contributed by atoms with E-state index in [9.17, 15) is 48.3 Å². The van der Waals surface area contributed by atoms with Crippen LogP contribution in [0.1, 0.15) is 24.5 Å². The molecule has 44 heavy (non-hydrogen) atoms. The van der Waals surface area contributed by atoms with Crippen LogP contribution in [0.3, 0.4) is 0 Å². The van der Waals surface area contributed by atoms with Crippen LogP contribution in [-0.2, 0) is 12.5 Å². The second-order valence-electron chi connectivity index (χ2n) is 9.39. The Kier molecular flexibility index (Phi) is 9.26. The Morgan fingerprint density at radius 2 is 1.20 bits per heavy atom. The van der Waals surface area contributed by atoms with Crippen molar-refractivity contribution in [2.24, 2.45) is 0 Å². The fourth-order valence-corrected chi connectivity index (χ4v) is 4.27. The molecule has 0 amide bonds. The third-order valence-electron chi connectivity index (χ3n) is 6.17. The molecule has 0 saturated heterocycles. The van der Waals surface area contributed by atoms with Crippen LogP contribution in [0.15, 0.2) is 78.9 Å².